The highest BCUT2D eigenvalue weighted by atomic mass is 35.5. The number of amides is 1. The highest BCUT2D eigenvalue weighted by Crippen LogP contribution is 2.31. The zero-order valence-corrected chi connectivity index (χ0v) is 15.1. The Kier molecular flexibility index (Phi) is 5.29. The van der Waals surface area contributed by atoms with E-state index in [-0.39, 0.29) is 28.2 Å². The van der Waals surface area contributed by atoms with E-state index in [1.54, 1.807) is 31.2 Å². The second kappa shape index (κ2) is 7.63. The van der Waals surface area contributed by atoms with Crippen molar-refractivity contribution >= 4 is 40.5 Å². The number of nitrogens with two attached hydrogens (primary N) is 1. The summed E-state index contributed by atoms with van der Waals surface area (Å²) in [5.41, 5.74) is 6.84. The van der Waals surface area contributed by atoms with Crippen LogP contribution >= 0.6 is 23.2 Å². The Bertz CT molecular complexity index is 918. The molecule has 134 valence electrons. The first-order valence-electron chi connectivity index (χ1n) is 7.50. The van der Waals surface area contributed by atoms with Gasteiger partial charge in [-0.2, -0.15) is 4.98 Å². The molecule has 1 heterocycles. The molecular formula is C17H14Cl2N4O3. The predicted molar refractivity (Wildman–Crippen MR) is 98.6 cm³/mol. The largest absolute Gasteiger partial charge is 0.485 e. The quantitative estimate of drug-likeness (QED) is 0.633. The molecule has 0 radical (unpaired) electrons. The molecule has 26 heavy (non-hydrogen) atoms. The molecule has 0 unspecified atom stereocenters. The number of ether oxygens (including phenoxy) is 1. The lowest BCUT2D eigenvalue weighted by Gasteiger charge is -2.09. The van der Waals surface area contributed by atoms with Crippen molar-refractivity contribution in [2.24, 2.45) is 0 Å². The predicted octanol–water partition coefficient (Wildman–Crippen LogP) is 4.10. The van der Waals surface area contributed by atoms with Crippen molar-refractivity contribution in [2.75, 3.05) is 11.1 Å². The molecule has 0 saturated heterocycles. The van der Waals surface area contributed by atoms with Crippen molar-refractivity contribution in [2.45, 2.75) is 13.5 Å². The maximum atomic E-state index is 12.3. The van der Waals surface area contributed by atoms with Crippen molar-refractivity contribution in [1.82, 2.24) is 10.1 Å². The van der Waals surface area contributed by atoms with Crippen LogP contribution in [0.3, 0.4) is 0 Å². The number of halogens is 2. The zero-order valence-electron chi connectivity index (χ0n) is 13.6. The molecular weight excluding hydrogens is 379 g/mol. The lowest BCUT2D eigenvalue weighted by Crippen LogP contribution is -2.12. The third kappa shape index (κ3) is 4.25. The van der Waals surface area contributed by atoms with E-state index in [0.717, 1.165) is 0 Å². The van der Waals surface area contributed by atoms with E-state index in [1.165, 1.54) is 12.1 Å². The maximum absolute atomic E-state index is 12.3. The van der Waals surface area contributed by atoms with Crippen molar-refractivity contribution in [3.05, 3.63) is 63.7 Å². The van der Waals surface area contributed by atoms with Gasteiger partial charge in [0.05, 0.1) is 15.7 Å². The fourth-order valence-electron chi connectivity index (χ4n) is 2.11. The number of aryl methyl sites for hydroxylation is 1. The molecule has 9 heteroatoms. The summed E-state index contributed by atoms with van der Waals surface area (Å²) in [7, 11) is 0. The number of benzene rings is 2. The Morgan fingerprint density at radius 1 is 1.23 bits per heavy atom. The van der Waals surface area contributed by atoms with Crippen LogP contribution in [-0.2, 0) is 6.61 Å². The number of carbonyl (C=O) groups is 1. The number of anilines is 2. The summed E-state index contributed by atoms with van der Waals surface area (Å²) in [4.78, 5) is 16.4. The Morgan fingerprint density at radius 2 is 1.88 bits per heavy atom. The molecule has 3 rings (SSSR count). The van der Waals surface area contributed by atoms with Gasteiger partial charge in [-0.15, -0.1) is 0 Å². The summed E-state index contributed by atoms with van der Waals surface area (Å²) < 4.78 is 10.4. The first-order valence-corrected chi connectivity index (χ1v) is 8.26. The van der Waals surface area contributed by atoms with Crippen LogP contribution in [0.4, 0.5) is 11.4 Å². The topological polar surface area (TPSA) is 103 Å². The lowest BCUT2D eigenvalue weighted by atomic mass is 10.2. The first-order chi connectivity index (χ1) is 12.4. The second-order valence-electron chi connectivity index (χ2n) is 5.35. The molecule has 1 amide bonds. The molecule has 0 fully saturated rings. The molecule has 0 atom stereocenters. The molecule has 0 aliphatic heterocycles. The lowest BCUT2D eigenvalue weighted by molar-refractivity contribution is 0.102. The monoisotopic (exact) mass is 392 g/mol. The summed E-state index contributed by atoms with van der Waals surface area (Å²) in [6.45, 7) is 1.87. The molecule has 0 spiro atoms. The fourth-order valence-corrected chi connectivity index (χ4v) is 2.60. The highest BCUT2D eigenvalue weighted by Gasteiger charge is 2.10. The number of nitrogens with zero attached hydrogens (tertiary/aromatic N) is 2. The maximum Gasteiger partial charge on any atom is 0.255 e. The Labute approximate surface area is 159 Å². The van der Waals surface area contributed by atoms with E-state index in [4.69, 9.17) is 38.2 Å². The second-order valence-corrected chi connectivity index (χ2v) is 6.16. The molecule has 0 bridgehead atoms. The van der Waals surface area contributed by atoms with Crippen LogP contribution in [0.15, 0.2) is 40.9 Å². The molecule has 3 aromatic rings. The van der Waals surface area contributed by atoms with Crippen LogP contribution in [0.1, 0.15) is 22.1 Å². The smallest absolute Gasteiger partial charge is 0.255 e. The zero-order chi connectivity index (χ0) is 18.7. The van der Waals surface area contributed by atoms with E-state index in [2.05, 4.69) is 15.5 Å². The Balaban J connectivity index is 1.63. The van der Waals surface area contributed by atoms with Gasteiger partial charge < -0.3 is 20.3 Å². The fraction of sp³-hybridized carbons (Fsp3) is 0.118. The summed E-state index contributed by atoms with van der Waals surface area (Å²) >= 11 is 11.9. The first kappa shape index (κ1) is 18.0. The van der Waals surface area contributed by atoms with Gasteiger partial charge in [-0.05, 0) is 36.4 Å². The van der Waals surface area contributed by atoms with Crippen molar-refractivity contribution < 1.29 is 14.1 Å². The molecule has 0 aliphatic rings. The van der Waals surface area contributed by atoms with Gasteiger partial charge in [0.25, 0.3) is 5.91 Å². The number of hydrogen-bond donors (Lipinski definition) is 2. The number of nitrogens with one attached hydrogen (secondary N) is 1. The van der Waals surface area contributed by atoms with Gasteiger partial charge in [-0.25, -0.2) is 0 Å². The number of rotatable bonds is 5. The Morgan fingerprint density at radius 3 is 2.46 bits per heavy atom. The van der Waals surface area contributed by atoms with Crippen LogP contribution < -0.4 is 15.8 Å². The van der Waals surface area contributed by atoms with Gasteiger partial charge in [-0.3, -0.25) is 4.79 Å². The minimum absolute atomic E-state index is 0.172. The molecule has 0 aliphatic carbocycles. The van der Waals surface area contributed by atoms with E-state index < -0.39 is 0 Å². The number of aromatic nitrogens is 2. The SMILES string of the molecule is Cc1nc(COc2ccc(C(=O)Nc3cc(Cl)c(N)c(Cl)c3)cc2)no1. The Hall–Kier alpha value is -2.77. The summed E-state index contributed by atoms with van der Waals surface area (Å²) in [5.74, 6) is 1.17. The van der Waals surface area contributed by atoms with Crippen LogP contribution in [0.25, 0.3) is 0 Å². The van der Waals surface area contributed by atoms with Crippen LogP contribution in [0, 0.1) is 6.92 Å². The highest BCUT2D eigenvalue weighted by molar-refractivity contribution is 6.39. The normalized spacial score (nSPS) is 10.6. The van der Waals surface area contributed by atoms with Crippen LogP contribution in [0.5, 0.6) is 5.75 Å². The number of hydrogen-bond acceptors (Lipinski definition) is 6. The van der Waals surface area contributed by atoms with Crippen LogP contribution in [0.2, 0.25) is 10.0 Å². The van der Waals surface area contributed by atoms with Gasteiger partial charge in [0.15, 0.2) is 6.61 Å². The van der Waals surface area contributed by atoms with Gasteiger partial charge in [0, 0.05) is 18.2 Å². The third-order valence-electron chi connectivity index (χ3n) is 3.39. The average molecular weight is 393 g/mol. The molecule has 2 aromatic carbocycles. The van der Waals surface area contributed by atoms with Gasteiger partial charge in [0.1, 0.15) is 5.75 Å². The number of carbonyl (C=O) groups excluding carboxylic acids is 1. The van der Waals surface area contributed by atoms with E-state index >= 15 is 0 Å². The molecule has 7 nitrogen and oxygen atoms in total. The standard InChI is InChI=1S/C17H14Cl2N4O3/c1-9-21-15(23-26-9)8-25-12-4-2-10(3-5-12)17(24)22-11-6-13(18)16(20)14(19)7-11/h2-7H,8,20H2,1H3,(H,22,24). The minimum Gasteiger partial charge on any atom is -0.485 e. The van der Waals surface area contributed by atoms with Crippen LogP contribution in [-0.4, -0.2) is 16.0 Å². The minimum atomic E-state index is -0.317. The summed E-state index contributed by atoms with van der Waals surface area (Å²) in [6, 6.07) is 9.67. The molecule has 1 aromatic heterocycles. The third-order valence-corrected chi connectivity index (χ3v) is 4.02. The molecule has 0 saturated carbocycles. The molecule has 3 N–H and O–H groups in total. The number of nitrogen functional groups attached to an aromatic ring is 1. The van der Waals surface area contributed by atoms with E-state index in [1.807, 2.05) is 0 Å². The van der Waals surface area contributed by atoms with Crippen molar-refractivity contribution in [3.8, 4) is 5.75 Å². The van der Waals surface area contributed by atoms with Crippen molar-refractivity contribution in [3.63, 3.8) is 0 Å². The average Bonchev–Trinajstić information content (AvgIpc) is 3.03. The van der Waals surface area contributed by atoms with Crippen molar-refractivity contribution in [1.29, 1.82) is 0 Å². The summed E-state index contributed by atoms with van der Waals surface area (Å²) in [5, 5.41) is 6.99. The van der Waals surface area contributed by atoms with Gasteiger partial charge in [-0.1, -0.05) is 28.4 Å². The van der Waals surface area contributed by atoms with Gasteiger partial charge in [0.2, 0.25) is 11.7 Å². The van der Waals surface area contributed by atoms with E-state index in [0.29, 0.717) is 28.7 Å². The van der Waals surface area contributed by atoms with Gasteiger partial charge >= 0.3 is 0 Å². The summed E-state index contributed by atoms with van der Waals surface area (Å²) in [6.07, 6.45) is 0. The van der Waals surface area contributed by atoms with E-state index in [9.17, 15) is 4.79 Å².